The minimum atomic E-state index is 0.951. The Bertz CT molecular complexity index is 902. The van der Waals surface area contributed by atoms with E-state index in [2.05, 4.69) is 87.2 Å². The number of amidine groups is 2. The molecule has 2 aromatic carbocycles. The molecule has 2 aromatic rings. The average molecular weight is 569 g/mol. The van der Waals surface area contributed by atoms with E-state index in [0.29, 0.717) is 0 Å². The Balaban J connectivity index is 1.89. The molecule has 0 spiro atoms. The van der Waals surface area contributed by atoms with Gasteiger partial charge in [0.25, 0.3) is 0 Å². The van der Waals surface area contributed by atoms with Crippen LogP contribution in [0.5, 0.6) is 0 Å². The number of nitrogens with one attached hydrogen (secondary N) is 2. The highest BCUT2D eigenvalue weighted by molar-refractivity contribution is 8.13. The van der Waals surface area contributed by atoms with Crippen LogP contribution < -0.4 is 10.6 Å². The Morgan fingerprint density at radius 3 is 1.18 bits per heavy atom. The van der Waals surface area contributed by atoms with Crippen LogP contribution in [0, 0.1) is 0 Å². The van der Waals surface area contributed by atoms with E-state index in [4.69, 9.17) is 9.98 Å². The van der Waals surface area contributed by atoms with E-state index in [0.717, 1.165) is 87.6 Å². The monoisotopic (exact) mass is 568 g/mol. The summed E-state index contributed by atoms with van der Waals surface area (Å²) in [6.07, 6.45) is 16.5. The predicted molar refractivity (Wildman–Crippen MR) is 180 cm³/mol. The predicted octanol–water partition coefficient (Wildman–Crippen LogP) is 9.25. The summed E-state index contributed by atoms with van der Waals surface area (Å²) in [6.45, 7) is 10.9. The third-order valence-corrected chi connectivity index (χ3v) is 7.95. The van der Waals surface area contributed by atoms with Gasteiger partial charge in [0.1, 0.15) is 0 Å². The minimum Gasteiger partial charge on any atom is -0.365 e. The first-order valence-electron chi connectivity index (χ1n) is 15.1. The van der Waals surface area contributed by atoms with Gasteiger partial charge in [0.15, 0.2) is 10.3 Å². The zero-order valence-corrected chi connectivity index (χ0v) is 27.0. The number of nitrogens with zero attached hydrogens (tertiary/aromatic N) is 2. The van der Waals surface area contributed by atoms with E-state index in [1.54, 1.807) is 23.5 Å². The molecule has 4 nitrogen and oxygen atoms in total. The standard InChI is InChI=1S/C33H52N4S2/c1-7-16-26-20-14-21-27(17-8-2)30(26)36-32(38-5)34-24-12-11-13-25-35-33(39-6)37-31-28(18-9-3)22-15-23-29(31)19-10-4/h14-15,20-23H,7-13,16-19,24-25H2,1-6H3,(H,34,36)(H,35,37). The van der Waals surface area contributed by atoms with Gasteiger partial charge in [0.05, 0.1) is 11.4 Å². The smallest absolute Gasteiger partial charge is 0.161 e. The second-order valence-corrected chi connectivity index (χ2v) is 11.6. The molecule has 6 heteroatoms. The van der Waals surface area contributed by atoms with Crippen LogP contribution in [-0.2, 0) is 25.7 Å². The first-order chi connectivity index (χ1) is 19.1. The van der Waals surface area contributed by atoms with Crippen molar-refractivity contribution in [3.05, 3.63) is 58.7 Å². The molecule has 0 bridgehead atoms. The maximum Gasteiger partial charge on any atom is 0.161 e. The summed E-state index contributed by atoms with van der Waals surface area (Å²) in [5, 5.41) is 9.26. The summed E-state index contributed by atoms with van der Waals surface area (Å²) in [5.41, 5.74) is 7.85. The highest BCUT2D eigenvalue weighted by Gasteiger charge is 2.10. The van der Waals surface area contributed by atoms with Crippen molar-refractivity contribution in [2.45, 2.75) is 98.3 Å². The first kappa shape index (κ1) is 33.3. The lowest BCUT2D eigenvalue weighted by Gasteiger charge is -2.14. The SMILES string of the molecule is CCCc1cccc(CCC)c1/N=C(/NCCCCCN/C(=N/c1c(CCC)cccc1CCC)SC)SC. The number of rotatable bonds is 16. The van der Waals surface area contributed by atoms with Gasteiger partial charge in [-0.1, -0.05) is 113 Å². The van der Waals surface area contributed by atoms with Crippen LogP contribution in [0.25, 0.3) is 0 Å². The van der Waals surface area contributed by atoms with Crippen LogP contribution in [0.3, 0.4) is 0 Å². The van der Waals surface area contributed by atoms with E-state index in [-0.39, 0.29) is 0 Å². The molecule has 0 fully saturated rings. The lowest BCUT2D eigenvalue weighted by Crippen LogP contribution is -2.23. The number of unbranched alkanes of at least 4 members (excludes halogenated alkanes) is 2. The van der Waals surface area contributed by atoms with Crippen molar-refractivity contribution in [1.82, 2.24) is 10.6 Å². The van der Waals surface area contributed by atoms with Gasteiger partial charge in [-0.15, -0.1) is 0 Å². The lowest BCUT2D eigenvalue weighted by atomic mass is 10.0. The third kappa shape index (κ3) is 11.6. The van der Waals surface area contributed by atoms with Gasteiger partial charge >= 0.3 is 0 Å². The van der Waals surface area contributed by atoms with Crippen LogP contribution >= 0.6 is 23.5 Å². The maximum absolute atomic E-state index is 5.10. The third-order valence-electron chi connectivity index (χ3n) is 6.70. The lowest BCUT2D eigenvalue weighted by molar-refractivity contribution is 0.655. The molecule has 0 amide bonds. The first-order valence-corrected chi connectivity index (χ1v) is 17.5. The molecule has 0 aliphatic carbocycles. The van der Waals surface area contributed by atoms with Crippen molar-refractivity contribution < 1.29 is 0 Å². The number of hydrogen-bond acceptors (Lipinski definition) is 4. The number of para-hydroxylation sites is 2. The summed E-state index contributed by atoms with van der Waals surface area (Å²) < 4.78 is 0. The van der Waals surface area contributed by atoms with Gasteiger partial charge in [-0.3, -0.25) is 0 Å². The van der Waals surface area contributed by atoms with Crippen molar-refractivity contribution in [3.63, 3.8) is 0 Å². The molecule has 0 saturated heterocycles. The van der Waals surface area contributed by atoms with Crippen LogP contribution in [0.2, 0.25) is 0 Å². The van der Waals surface area contributed by atoms with Crippen LogP contribution in [0.15, 0.2) is 46.4 Å². The Kier molecular flexibility index (Phi) is 17.1. The van der Waals surface area contributed by atoms with E-state index >= 15 is 0 Å². The van der Waals surface area contributed by atoms with E-state index in [1.165, 1.54) is 40.0 Å². The molecule has 216 valence electrons. The normalized spacial score (nSPS) is 12.2. The number of thioether (sulfide) groups is 2. The Hall–Kier alpha value is -1.92. The van der Waals surface area contributed by atoms with Crippen molar-refractivity contribution in [1.29, 1.82) is 0 Å². The van der Waals surface area contributed by atoms with E-state index < -0.39 is 0 Å². The molecule has 0 aromatic heterocycles. The molecule has 2 rings (SSSR count). The van der Waals surface area contributed by atoms with Gasteiger partial charge < -0.3 is 10.6 Å². The van der Waals surface area contributed by atoms with Crippen molar-refractivity contribution in [2.75, 3.05) is 25.6 Å². The van der Waals surface area contributed by atoms with Gasteiger partial charge in [0, 0.05) is 13.1 Å². The molecule has 39 heavy (non-hydrogen) atoms. The highest BCUT2D eigenvalue weighted by atomic mass is 32.2. The van der Waals surface area contributed by atoms with E-state index in [1.807, 2.05) is 0 Å². The minimum absolute atomic E-state index is 0.951. The number of aryl methyl sites for hydroxylation is 4. The molecule has 0 radical (unpaired) electrons. The zero-order valence-electron chi connectivity index (χ0n) is 25.4. The molecule has 2 N–H and O–H groups in total. The van der Waals surface area contributed by atoms with Crippen LogP contribution in [0.4, 0.5) is 11.4 Å². The zero-order chi connectivity index (χ0) is 28.3. The van der Waals surface area contributed by atoms with Gasteiger partial charge in [0.2, 0.25) is 0 Å². The molecule has 0 unspecified atom stereocenters. The summed E-state index contributed by atoms with van der Waals surface area (Å²) in [6, 6.07) is 13.3. The van der Waals surface area contributed by atoms with Crippen LogP contribution in [-0.4, -0.2) is 35.9 Å². The molecule has 0 aliphatic rings. The fraction of sp³-hybridized carbons (Fsp3) is 0.576. The summed E-state index contributed by atoms with van der Waals surface area (Å²) in [4.78, 5) is 10.2. The van der Waals surface area contributed by atoms with Gasteiger partial charge in [-0.25, -0.2) is 9.98 Å². The number of hydrogen-bond donors (Lipinski definition) is 2. The van der Waals surface area contributed by atoms with Crippen LogP contribution in [0.1, 0.15) is 94.9 Å². The van der Waals surface area contributed by atoms with Crippen molar-refractivity contribution in [2.24, 2.45) is 9.98 Å². The number of aliphatic imine (C=N–C) groups is 2. The molecular formula is C33H52N4S2. The fourth-order valence-electron chi connectivity index (χ4n) is 4.80. The Morgan fingerprint density at radius 1 is 0.564 bits per heavy atom. The van der Waals surface area contributed by atoms with Gasteiger partial charge in [-0.05, 0) is 79.7 Å². The number of benzene rings is 2. The maximum atomic E-state index is 5.10. The Labute approximate surface area is 247 Å². The molecule has 0 atom stereocenters. The van der Waals surface area contributed by atoms with Crippen molar-refractivity contribution >= 4 is 45.2 Å². The summed E-state index contributed by atoms with van der Waals surface area (Å²) in [5.74, 6) is 0. The molecule has 0 saturated carbocycles. The molecule has 0 heterocycles. The van der Waals surface area contributed by atoms with Gasteiger partial charge in [-0.2, -0.15) is 0 Å². The average Bonchev–Trinajstić information content (AvgIpc) is 2.94. The second kappa shape index (κ2) is 20.0. The summed E-state index contributed by atoms with van der Waals surface area (Å²) in [7, 11) is 0. The second-order valence-electron chi connectivity index (χ2n) is 10.0. The molecule has 0 aliphatic heterocycles. The largest absolute Gasteiger partial charge is 0.365 e. The van der Waals surface area contributed by atoms with E-state index in [9.17, 15) is 0 Å². The summed E-state index contributed by atoms with van der Waals surface area (Å²) >= 11 is 3.42. The topological polar surface area (TPSA) is 48.8 Å². The fourth-order valence-corrected chi connectivity index (χ4v) is 5.65. The molecular weight excluding hydrogens is 517 g/mol. The quantitative estimate of drug-likeness (QED) is 0.120. The van der Waals surface area contributed by atoms with Crippen molar-refractivity contribution in [3.8, 4) is 0 Å². The highest BCUT2D eigenvalue weighted by Crippen LogP contribution is 2.29. The Morgan fingerprint density at radius 2 is 0.897 bits per heavy atom.